The van der Waals surface area contributed by atoms with Crippen molar-refractivity contribution < 1.29 is 9.53 Å². The summed E-state index contributed by atoms with van der Waals surface area (Å²) in [6.07, 6.45) is 1.84. The van der Waals surface area contributed by atoms with E-state index in [1.54, 1.807) is 0 Å². The predicted octanol–water partition coefficient (Wildman–Crippen LogP) is 1.96. The van der Waals surface area contributed by atoms with E-state index in [1.165, 1.54) is 0 Å². The Balaban J connectivity index is 1.82. The van der Waals surface area contributed by atoms with Crippen molar-refractivity contribution in [2.45, 2.75) is 32.2 Å². The first-order valence-electron chi connectivity index (χ1n) is 7.27. The van der Waals surface area contributed by atoms with Crippen LogP contribution in [0.3, 0.4) is 0 Å². The van der Waals surface area contributed by atoms with Crippen LogP contribution in [0.1, 0.15) is 26.7 Å². The van der Waals surface area contributed by atoms with Gasteiger partial charge in [0.1, 0.15) is 12.4 Å². The van der Waals surface area contributed by atoms with Crippen LogP contribution in [0, 0.1) is 5.92 Å². The van der Waals surface area contributed by atoms with E-state index in [0.717, 1.165) is 31.7 Å². The maximum Gasteiger partial charge on any atom is 0.223 e. The van der Waals surface area contributed by atoms with Gasteiger partial charge in [-0.05, 0) is 51.9 Å². The van der Waals surface area contributed by atoms with E-state index in [2.05, 4.69) is 10.6 Å². The fraction of sp³-hybridized carbons (Fsp3) is 0.562. The molecule has 20 heavy (non-hydrogen) atoms. The van der Waals surface area contributed by atoms with Gasteiger partial charge in [-0.15, -0.1) is 0 Å². The first-order valence-corrected chi connectivity index (χ1v) is 7.27. The van der Waals surface area contributed by atoms with E-state index in [4.69, 9.17) is 4.74 Å². The van der Waals surface area contributed by atoms with Crippen molar-refractivity contribution in [2.75, 3.05) is 19.7 Å². The number of amides is 1. The Hall–Kier alpha value is -1.55. The van der Waals surface area contributed by atoms with Gasteiger partial charge in [-0.25, -0.2) is 0 Å². The summed E-state index contributed by atoms with van der Waals surface area (Å²) in [5, 5.41) is 6.38. The minimum atomic E-state index is -0.363. The largest absolute Gasteiger partial charge is 0.491 e. The standard InChI is InChI=1S/C16H24N2O2/c1-16(2,12-20-14-6-4-3-5-7-14)18-15(19)13-8-10-17-11-9-13/h3-7,13,17H,8-12H2,1-2H3,(H,18,19). The Kier molecular flexibility index (Phi) is 5.01. The zero-order valence-corrected chi connectivity index (χ0v) is 12.3. The summed E-state index contributed by atoms with van der Waals surface area (Å²) in [6, 6.07) is 9.68. The van der Waals surface area contributed by atoms with Gasteiger partial charge >= 0.3 is 0 Å². The minimum Gasteiger partial charge on any atom is -0.491 e. The van der Waals surface area contributed by atoms with Crippen molar-refractivity contribution in [2.24, 2.45) is 5.92 Å². The summed E-state index contributed by atoms with van der Waals surface area (Å²) >= 11 is 0. The van der Waals surface area contributed by atoms with Gasteiger partial charge in [0.05, 0.1) is 5.54 Å². The van der Waals surface area contributed by atoms with E-state index in [-0.39, 0.29) is 17.4 Å². The zero-order chi connectivity index (χ0) is 14.4. The third kappa shape index (κ3) is 4.53. The van der Waals surface area contributed by atoms with Crippen LogP contribution in [0.2, 0.25) is 0 Å². The quantitative estimate of drug-likeness (QED) is 0.864. The van der Waals surface area contributed by atoms with Gasteiger partial charge in [0.15, 0.2) is 0 Å². The first-order chi connectivity index (χ1) is 9.57. The lowest BCUT2D eigenvalue weighted by molar-refractivity contribution is -0.127. The molecule has 2 N–H and O–H groups in total. The van der Waals surface area contributed by atoms with Gasteiger partial charge in [0.25, 0.3) is 0 Å². The smallest absolute Gasteiger partial charge is 0.223 e. The molecule has 0 aliphatic carbocycles. The van der Waals surface area contributed by atoms with Gasteiger partial charge in [-0.2, -0.15) is 0 Å². The van der Waals surface area contributed by atoms with Crippen molar-refractivity contribution in [1.82, 2.24) is 10.6 Å². The van der Waals surface area contributed by atoms with E-state index < -0.39 is 0 Å². The highest BCUT2D eigenvalue weighted by atomic mass is 16.5. The third-order valence-corrected chi connectivity index (χ3v) is 3.51. The zero-order valence-electron chi connectivity index (χ0n) is 12.3. The van der Waals surface area contributed by atoms with Gasteiger partial charge in [-0.1, -0.05) is 18.2 Å². The molecular formula is C16H24N2O2. The van der Waals surface area contributed by atoms with E-state index >= 15 is 0 Å². The number of hydrogen-bond donors (Lipinski definition) is 2. The molecule has 1 aromatic carbocycles. The molecule has 0 saturated carbocycles. The normalized spacial score (nSPS) is 16.7. The van der Waals surface area contributed by atoms with Crippen molar-refractivity contribution >= 4 is 5.91 Å². The molecule has 2 rings (SSSR count). The van der Waals surface area contributed by atoms with Crippen LogP contribution in [0.15, 0.2) is 30.3 Å². The fourth-order valence-corrected chi connectivity index (χ4v) is 2.34. The Morgan fingerprint density at radius 1 is 1.30 bits per heavy atom. The second-order valence-corrected chi connectivity index (χ2v) is 6.00. The number of carbonyl (C=O) groups excluding carboxylic acids is 1. The highest BCUT2D eigenvalue weighted by Gasteiger charge is 2.27. The number of ether oxygens (including phenoxy) is 1. The number of piperidine rings is 1. The van der Waals surface area contributed by atoms with Crippen LogP contribution in [0.4, 0.5) is 0 Å². The molecule has 4 heteroatoms. The van der Waals surface area contributed by atoms with Crippen molar-refractivity contribution in [1.29, 1.82) is 0 Å². The number of hydrogen-bond acceptors (Lipinski definition) is 3. The second-order valence-electron chi connectivity index (χ2n) is 6.00. The van der Waals surface area contributed by atoms with Crippen LogP contribution in [-0.4, -0.2) is 31.1 Å². The van der Waals surface area contributed by atoms with E-state index in [0.29, 0.717) is 6.61 Å². The molecule has 110 valence electrons. The second kappa shape index (κ2) is 6.75. The molecule has 1 aliphatic rings. The lowest BCUT2D eigenvalue weighted by Gasteiger charge is -2.30. The molecule has 1 aliphatic heterocycles. The molecule has 0 aromatic heterocycles. The number of para-hydroxylation sites is 1. The van der Waals surface area contributed by atoms with Gasteiger partial charge in [0.2, 0.25) is 5.91 Å². The molecule has 4 nitrogen and oxygen atoms in total. The first kappa shape index (κ1) is 14.9. The monoisotopic (exact) mass is 276 g/mol. The summed E-state index contributed by atoms with van der Waals surface area (Å²) in [5.41, 5.74) is -0.363. The Bertz CT molecular complexity index is 425. The number of nitrogens with one attached hydrogen (secondary N) is 2. The van der Waals surface area contributed by atoms with Crippen molar-refractivity contribution in [3.63, 3.8) is 0 Å². The van der Waals surface area contributed by atoms with Crippen molar-refractivity contribution in [3.05, 3.63) is 30.3 Å². The average molecular weight is 276 g/mol. The molecule has 1 saturated heterocycles. The SMILES string of the molecule is CC(C)(COc1ccccc1)NC(=O)C1CCNCC1. The summed E-state index contributed by atoms with van der Waals surface area (Å²) in [5.74, 6) is 1.11. The summed E-state index contributed by atoms with van der Waals surface area (Å²) in [7, 11) is 0. The molecule has 0 radical (unpaired) electrons. The number of rotatable bonds is 5. The van der Waals surface area contributed by atoms with Crippen LogP contribution in [0.25, 0.3) is 0 Å². The average Bonchev–Trinajstić information content (AvgIpc) is 2.47. The highest BCUT2D eigenvalue weighted by molar-refractivity contribution is 5.79. The lowest BCUT2D eigenvalue weighted by atomic mass is 9.95. The third-order valence-electron chi connectivity index (χ3n) is 3.51. The molecular weight excluding hydrogens is 252 g/mol. The lowest BCUT2D eigenvalue weighted by Crippen LogP contribution is -2.51. The van der Waals surface area contributed by atoms with Crippen LogP contribution >= 0.6 is 0 Å². The summed E-state index contributed by atoms with van der Waals surface area (Å²) in [6.45, 7) is 6.32. The van der Waals surface area contributed by atoms with Gasteiger partial charge in [0, 0.05) is 5.92 Å². The predicted molar refractivity (Wildman–Crippen MR) is 79.8 cm³/mol. The summed E-state index contributed by atoms with van der Waals surface area (Å²) in [4.78, 5) is 12.2. The number of carbonyl (C=O) groups is 1. The maximum absolute atomic E-state index is 12.2. The van der Waals surface area contributed by atoms with Crippen molar-refractivity contribution in [3.8, 4) is 5.75 Å². The maximum atomic E-state index is 12.2. The topological polar surface area (TPSA) is 50.4 Å². The number of benzene rings is 1. The molecule has 0 bridgehead atoms. The van der Waals surface area contributed by atoms with Crippen LogP contribution in [0.5, 0.6) is 5.75 Å². The Morgan fingerprint density at radius 2 is 1.95 bits per heavy atom. The molecule has 0 unspecified atom stereocenters. The molecule has 1 amide bonds. The molecule has 1 heterocycles. The van der Waals surface area contributed by atoms with Gasteiger partial charge < -0.3 is 15.4 Å². The molecule has 1 fully saturated rings. The minimum absolute atomic E-state index is 0.132. The van der Waals surface area contributed by atoms with Crippen LogP contribution in [-0.2, 0) is 4.79 Å². The van der Waals surface area contributed by atoms with E-state index in [1.807, 2.05) is 44.2 Å². The van der Waals surface area contributed by atoms with E-state index in [9.17, 15) is 4.79 Å². The molecule has 0 atom stereocenters. The Morgan fingerprint density at radius 3 is 2.60 bits per heavy atom. The Labute approximate surface area is 120 Å². The highest BCUT2D eigenvalue weighted by Crippen LogP contribution is 2.15. The molecule has 0 spiro atoms. The summed E-state index contributed by atoms with van der Waals surface area (Å²) < 4.78 is 5.73. The van der Waals surface area contributed by atoms with Crippen LogP contribution < -0.4 is 15.4 Å². The van der Waals surface area contributed by atoms with Gasteiger partial charge in [-0.3, -0.25) is 4.79 Å². The fourth-order valence-electron chi connectivity index (χ4n) is 2.34. The molecule has 1 aromatic rings.